The number of halogens is 4. The first-order valence-corrected chi connectivity index (χ1v) is 8.01. The molecule has 10 heteroatoms. The Hall–Kier alpha value is -2.81. The Kier molecular flexibility index (Phi) is 6.62. The van der Waals surface area contributed by atoms with Crippen molar-refractivity contribution in [3.8, 4) is 5.88 Å². The Morgan fingerprint density at radius 1 is 1.19 bits per heavy atom. The number of hydrogen-bond donors (Lipinski definition) is 2. The molecule has 0 bridgehead atoms. The molecule has 0 saturated carbocycles. The average Bonchev–Trinajstić information content (AvgIpc) is 2.63. The van der Waals surface area contributed by atoms with Crippen molar-refractivity contribution in [1.82, 2.24) is 15.6 Å². The lowest BCUT2D eigenvalue weighted by atomic mass is 10.1. The lowest BCUT2D eigenvalue weighted by molar-refractivity contribution is -0.154. The van der Waals surface area contributed by atoms with E-state index >= 15 is 0 Å². The van der Waals surface area contributed by atoms with Gasteiger partial charge in [0.15, 0.2) is 6.61 Å². The predicted molar refractivity (Wildman–Crippen MR) is 91.8 cm³/mol. The highest BCUT2D eigenvalue weighted by atomic mass is 35.5. The Morgan fingerprint density at radius 2 is 1.93 bits per heavy atom. The second kappa shape index (κ2) is 8.72. The van der Waals surface area contributed by atoms with Crippen molar-refractivity contribution in [3.63, 3.8) is 0 Å². The third kappa shape index (κ3) is 6.14. The lowest BCUT2D eigenvalue weighted by Gasteiger charge is -2.11. The molecule has 0 spiro atoms. The number of nitrogens with zero attached hydrogens (tertiary/aromatic N) is 1. The van der Waals surface area contributed by atoms with E-state index in [1.54, 1.807) is 24.3 Å². The number of pyridine rings is 1. The van der Waals surface area contributed by atoms with E-state index in [4.69, 9.17) is 11.6 Å². The maximum atomic E-state index is 12.2. The van der Waals surface area contributed by atoms with Gasteiger partial charge in [0.05, 0.1) is 5.56 Å². The van der Waals surface area contributed by atoms with Crippen molar-refractivity contribution in [1.29, 1.82) is 0 Å². The van der Waals surface area contributed by atoms with E-state index in [2.05, 4.69) is 20.4 Å². The van der Waals surface area contributed by atoms with Crippen LogP contribution in [0.25, 0.3) is 0 Å². The molecule has 2 amide bonds. The van der Waals surface area contributed by atoms with Crippen LogP contribution in [0.4, 0.5) is 13.2 Å². The number of benzene rings is 1. The molecule has 0 aliphatic heterocycles. The second-order valence-corrected chi connectivity index (χ2v) is 5.78. The third-order valence-corrected chi connectivity index (χ3v) is 3.58. The summed E-state index contributed by atoms with van der Waals surface area (Å²) in [6.45, 7) is -1.40. The van der Waals surface area contributed by atoms with Gasteiger partial charge >= 0.3 is 6.18 Å². The van der Waals surface area contributed by atoms with Gasteiger partial charge in [-0.3, -0.25) is 9.59 Å². The minimum absolute atomic E-state index is 0.0572. The number of amides is 2. The standard InChI is InChI=1S/C17H15ClF3N3O3/c1-22-14(25)11-4-2-3-10(5-11)7-23-15(26)12-6-13(18)16(24-8-12)27-9-17(19,20)21/h2-6,8H,7,9H2,1H3,(H,22,25)(H,23,26). The van der Waals surface area contributed by atoms with Crippen molar-refractivity contribution in [3.05, 3.63) is 58.2 Å². The summed E-state index contributed by atoms with van der Waals surface area (Å²) in [6, 6.07) is 7.83. The van der Waals surface area contributed by atoms with E-state index in [0.717, 1.165) is 12.3 Å². The zero-order valence-electron chi connectivity index (χ0n) is 14.1. The molecule has 1 heterocycles. The van der Waals surface area contributed by atoms with Crippen LogP contribution in [0.1, 0.15) is 26.3 Å². The highest BCUT2D eigenvalue weighted by Gasteiger charge is 2.29. The molecule has 6 nitrogen and oxygen atoms in total. The van der Waals surface area contributed by atoms with Crippen molar-refractivity contribution < 1.29 is 27.5 Å². The summed E-state index contributed by atoms with van der Waals surface area (Å²) in [5.41, 5.74) is 1.19. The minimum atomic E-state index is -4.52. The van der Waals surface area contributed by atoms with Crippen LogP contribution < -0.4 is 15.4 Å². The number of nitrogens with one attached hydrogen (secondary N) is 2. The zero-order chi connectivity index (χ0) is 20.0. The van der Waals surface area contributed by atoms with Gasteiger partial charge in [-0.25, -0.2) is 4.98 Å². The van der Waals surface area contributed by atoms with Crippen LogP contribution in [0.5, 0.6) is 5.88 Å². The van der Waals surface area contributed by atoms with Crippen molar-refractivity contribution in [2.24, 2.45) is 0 Å². The van der Waals surface area contributed by atoms with Gasteiger partial charge in [0.25, 0.3) is 11.8 Å². The van der Waals surface area contributed by atoms with E-state index < -0.39 is 24.6 Å². The first-order valence-electron chi connectivity index (χ1n) is 7.64. The van der Waals surface area contributed by atoms with Gasteiger partial charge in [0.2, 0.25) is 5.88 Å². The van der Waals surface area contributed by atoms with E-state index in [9.17, 15) is 22.8 Å². The molecule has 27 heavy (non-hydrogen) atoms. The van der Waals surface area contributed by atoms with E-state index in [1.807, 2.05) is 0 Å². The maximum absolute atomic E-state index is 12.2. The van der Waals surface area contributed by atoms with Gasteiger partial charge in [0.1, 0.15) is 5.02 Å². The summed E-state index contributed by atoms with van der Waals surface area (Å²) in [5.74, 6) is -1.20. The number of carbonyl (C=O) groups excluding carboxylic acids is 2. The number of rotatable bonds is 6. The van der Waals surface area contributed by atoms with E-state index in [-0.39, 0.29) is 23.0 Å². The van der Waals surface area contributed by atoms with Crippen molar-refractivity contribution >= 4 is 23.4 Å². The molecular formula is C17H15ClF3N3O3. The molecule has 2 aromatic rings. The van der Waals surface area contributed by atoms with Gasteiger partial charge in [0, 0.05) is 25.4 Å². The number of ether oxygens (including phenoxy) is 1. The number of carbonyl (C=O) groups is 2. The highest BCUT2D eigenvalue weighted by Crippen LogP contribution is 2.25. The molecule has 0 fully saturated rings. The maximum Gasteiger partial charge on any atom is 0.422 e. The van der Waals surface area contributed by atoms with Crippen LogP contribution >= 0.6 is 11.6 Å². The fourth-order valence-electron chi connectivity index (χ4n) is 2.06. The fraction of sp³-hybridized carbons (Fsp3) is 0.235. The first kappa shape index (κ1) is 20.5. The van der Waals surface area contributed by atoms with Crippen LogP contribution in [0.15, 0.2) is 36.5 Å². The monoisotopic (exact) mass is 401 g/mol. The molecule has 144 valence electrons. The molecule has 0 aliphatic rings. The molecule has 0 saturated heterocycles. The Labute approximate surface area is 157 Å². The Bertz CT molecular complexity index is 844. The van der Waals surface area contributed by atoms with Crippen LogP contribution in [0, 0.1) is 0 Å². The highest BCUT2D eigenvalue weighted by molar-refractivity contribution is 6.32. The minimum Gasteiger partial charge on any atom is -0.467 e. The molecule has 1 aromatic heterocycles. The smallest absolute Gasteiger partial charge is 0.422 e. The second-order valence-electron chi connectivity index (χ2n) is 5.38. The largest absolute Gasteiger partial charge is 0.467 e. The quantitative estimate of drug-likeness (QED) is 0.780. The summed E-state index contributed by atoms with van der Waals surface area (Å²) in [7, 11) is 1.51. The SMILES string of the molecule is CNC(=O)c1cccc(CNC(=O)c2cnc(OCC(F)(F)F)c(Cl)c2)c1. The van der Waals surface area contributed by atoms with Gasteiger partial charge in [-0.2, -0.15) is 13.2 Å². The normalized spacial score (nSPS) is 11.0. The molecule has 0 unspecified atom stereocenters. The van der Waals surface area contributed by atoms with Crippen LogP contribution in [0.3, 0.4) is 0 Å². The average molecular weight is 402 g/mol. The fourth-order valence-corrected chi connectivity index (χ4v) is 2.28. The molecule has 0 radical (unpaired) electrons. The molecular weight excluding hydrogens is 387 g/mol. The lowest BCUT2D eigenvalue weighted by Crippen LogP contribution is -2.24. The summed E-state index contributed by atoms with van der Waals surface area (Å²) in [5, 5.41) is 4.90. The van der Waals surface area contributed by atoms with Crippen molar-refractivity contribution in [2.45, 2.75) is 12.7 Å². The molecule has 0 aliphatic carbocycles. The molecule has 2 N–H and O–H groups in total. The Balaban J connectivity index is 2.00. The number of aromatic nitrogens is 1. The van der Waals surface area contributed by atoms with Gasteiger partial charge in [-0.15, -0.1) is 0 Å². The van der Waals surface area contributed by atoms with Crippen molar-refractivity contribution in [2.75, 3.05) is 13.7 Å². The van der Waals surface area contributed by atoms with E-state index in [0.29, 0.717) is 11.1 Å². The zero-order valence-corrected chi connectivity index (χ0v) is 14.8. The molecule has 2 rings (SSSR count). The third-order valence-electron chi connectivity index (χ3n) is 3.31. The number of alkyl halides is 3. The summed E-state index contributed by atoms with van der Waals surface area (Å²) in [4.78, 5) is 27.4. The van der Waals surface area contributed by atoms with Crippen LogP contribution in [-0.2, 0) is 6.54 Å². The summed E-state index contributed by atoms with van der Waals surface area (Å²) >= 11 is 5.81. The summed E-state index contributed by atoms with van der Waals surface area (Å²) in [6.07, 6.45) is -3.46. The van der Waals surface area contributed by atoms with E-state index in [1.165, 1.54) is 7.05 Å². The summed E-state index contributed by atoms with van der Waals surface area (Å²) < 4.78 is 40.9. The van der Waals surface area contributed by atoms with Crippen LogP contribution in [0.2, 0.25) is 5.02 Å². The van der Waals surface area contributed by atoms with Gasteiger partial charge in [-0.1, -0.05) is 23.7 Å². The topological polar surface area (TPSA) is 80.3 Å². The molecule has 1 aromatic carbocycles. The Morgan fingerprint density at radius 3 is 2.56 bits per heavy atom. The van der Waals surface area contributed by atoms with Crippen LogP contribution in [-0.4, -0.2) is 36.6 Å². The number of hydrogen-bond acceptors (Lipinski definition) is 4. The van der Waals surface area contributed by atoms with Gasteiger partial charge < -0.3 is 15.4 Å². The first-order chi connectivity index (χ1) is 12.7. The molecule has 0 atom stereocenters. The predicted octanol–water partition coefficient (Wildman–Crippen LogP) is 2.97. The van der Waals surface area contributed by atoms with Gasteiger partial charge in [-0.05, 0) is 23.8 Å².